The minimum atomic E-state index is 0.669. The van der Waals surface area contributed by atoms with E-state index in [-0.39, 0.29) is 0 Å². The molecule has 1 atom stereocenters. The number of piperidine rings is 1. The third kappa shape index (κ3) is 2.18. The summed E-state index contributed by atoms with van der Waals surface area (Å²) in [7, 11) is 2.18. The Morgan fingerprint density at radius 1 is 1.50 bits per heavy atom. The van der Waals surface area contributed by atoms with Gasteiger partial charge in [-0.1, -0.05) is 0 Å². The molecular formula is C13H19N5. The van der Waals surface area contributed by atoms with Crippen LogP contribution < -0.4 is 5.73 Å². The normalized spacial score (nSPS) is 21.5. The molecule has 0 spiro atoms. The van der Waals surface area contributed by atoms with E-state index in [1.807, 2.05) is 18.3 Å². The first-order chi connectivity index (χ1) is 8.72. The lowest BCUT2D eigenvalue weighted by atomic mass is 9.95. The average Bonchev–Trinajstić information content (AvgIpc) is 2.73. The van der Waals surface area contributed by atoms with Gasteiger partial charge in [-0.3, -0.25) is 0 Å². The maximum atomic E-state index is 5.89. The first kappa shape index (κ1) is 11.5. The molecule has 3 rings (SSSR count). The number of aromatic nitrogens is 3. The second kappa shape index (κ2) is 4.57. The van der Waals surface area contributed by atoms with Gasteiger partial charge in [-0.25, -0.2) is 9.50 Å². The topological polar surface area (TPSA) is 59.5 Å². The van der Waals surface area contributed by atoms with Gasteiger partial charge in [0.1, 0.15) is 0 Å². The number of nitrogens with zero attached hydrogens (tertiary/aromatic N) is 4. The Kier molecular flexibility index (Phi) is 2.91. The van der Waals surface area contributed by atoms with E-state index in [1.54, 1.807) is 4.52 Å². The van der Waals surface area contributed by atoms with E-state index < -0.39 is 0 Å². The maximum absolute atomic E-state index is 5.89. The first-order valence-corrected chi connectivity index (χ1v) is 6.50. The molecule has 18 heavy (non-hydrogen) atoms. The third-order valence-electron chi connectivity index (χ3n) is 3.63. The van der Waals surface area contributed by atoms with Crippen LogP contribution >= 0.6 is 0 Å². The van der Waals surface area contributed by atoms with Gasteiger partial charge in [0.25, 0.3) is 0 Å². The number of fused-ring (bicyclic) bond motifs is 1. The molecule has 5 heteroatoms. The van der Waals surface area contributed by atoms with Crippen molar-refractivity contribution < 1.29 is 0 Å². The van der Waals surface area contributed by atoms with E-state index >= 15 is 0 Å². The van der Waals surface area contributed by atoms with Crippen molar-refractivity contribution in [3.8, 4) is 0 Å². The van der Waals surface area contributed by atoms with E-state index in [0.29, 0.717) is 11.6 Å². The molecule has 0 radical (unpaired) electrons. The van der Waals surface area contributed by atoms with Gasteiger partial charge in [0, 0.05) is 19.2 Å². The number of nitrogen functional groups attached to an aromatic ring is 1. The molecule has 1 unspecified atom stereocenters. The Hall–Kier alpha value is -1.62. The molecule has 96 valence electrons. The van der Waals surface area contributed by atoms with E-state index in [9.17, 15) is 0 Å². The highest BCUT2D eigenvalue weighted by Gasteiger charge is 2.19. The van der Waals surface area contributed by atoms with Crippen LogP contribution in [0, 0.1) is 5.92 Å². The number of anilines is 1. The largest absolute Gasteiger partial charge is 0.396 e. The van der Waals surface area contributed by atoms with Crippen molar-refractivity contribution in [2.24, 2.45) is 5.92 Å². The average molecular weight is 245 g/mol. The van der Waals surface area contributed by atoms with Crippen molar-refractivity contribution in [2.45, 2.75) is 19.3 Å². The molecule has 1 aliphatic heterocycles. The summed E-state index contributed by atoms with van der Waals surface area (Å²) < 4.78 is 1.78. The smallest absolute Gasteiger partial charge is 0.178 e. The van der Waals surface area contributed by atoms with Gasteiger partial charge in [0.2, 0.25) is 0 Å². The number of hydrogen-bond acceptors (Lipinski definition) is 4. The lowest BCUT2D eigenvalue weighted by Crippen LogP contribution is -2.33. The first-order valence-electron chi connectivity index (χ1n) is 6.50. The summed E-state index contributed by atoms with van der Waals surface area (Å²) in [6.07, 6.45) is 5.40. The molecule has 0 aliphatic carbocycles. The summed E-state index contributed by atoms with van der Waals surface area (Å²) in [6.45, 7) is 2.35. The lowest BCUT2D eigenvalue weighted by Gasteiger charge is -2.28. The van der Waals surface area contributed by atoms with Gasteiger partial charge >= 0.3 is 0 Å². The molecule has 0 amide bonds. The Morgan fingerprint density at radius 2 is 2.39 bits per heavy atom. The SMILES string of the molecule is CN1CCCC(Cc2nc3c(N)cccn3n2)C1. The molecule has 2 aromatic heterocycles. The van der Waals surface area contributed by atoms with Crippen molar-refractivity contribution in [1.82, 2.24) is 19.5 Å². The van der Waals surface area contributed by atoms with E-state index in [4.69, 9.17) is 5.73 Å². The second-order valence-electron chi connectivity index (χ2n) is 5.23. The van der Waals surface area contributed by atoms with Crippen molar-refractivity contribution >= 4 is 11.3 Å². The van der Waals surface area contributed by atoms with E-state index in [0.717, 1.165) is 24.4 Å². The van der Waals surface area contributed by atoms with Crippen LogP contribution in [0.3, 0.4) is 0 Å². The number of hydrogen-bond donors (Lipinski definition) is 1. The molecule has 2 N–H and O–H groups in total. The van der Waals surface area contributed by atoms with Gasteiger partial charge in [0.05, 0.1) is 5.69 Å². The Bertz CT molecular complexity index is 547. The summed E-state index contributed by atoms with van der Waals surface area (Å²) in [5.41, 5.74) is 7.36. The summed E-state index contributed by atoms with van der Waals surface area (Å²) >= 11 is 0. The fourth-order valence-corrected chi connectivity index (χ4v) is 2.76. The van der Waals surface area contributed by atoms with Crippen LogP contribution in [0.2, 0.25) is 0 Å². The van der Waals surface area contributed by atoms with Crippen LogP contribution in [0.5, 0.6) is 0 Å². The molecule has 2 aromatic rings. The van der Waals surface area contributed by atoms with E-state index in [1.165, 1.54) is 19.4 Å². The molecular weight excluding hydrogens is 226 g/mol. The number of nitrogens with two attached hydrogens (primary N) is 1. The fraction of sp³-hybridized carbons (Fsp3) is 0.538. The predicted molar refractivity (Wildman–Crippen MR) is 71.3 cm³/mol. The van der Waals surface area contributed by atoms with Crippen LogP contribution in [-0.4, -0.2) is 39.6 Å². The number of pyridine rings is 1. The molecule has 1 saturated heterocycles. The Balaban J connectivity index is 1.80. The number of rotatable bonds is 2. The van der Waals surface area contributed by atoms with E-state index in [2.05, 4.69) is 22.0 Å². The lowest BCUT2D eigenvalue weighted by molar-refractivity contribution is 0.207. The minimum Gasteiger partial charge on any atom is -0.396 e. The molecule has 0 aromatic carbocycles. The number of likely N-dealkylation sites (tertiary alicyclic amines) is 1. The highest BCUT2D eigenvalue weighted by atomic mass is 15.3. The Morgan fingerprint density at radius 3 is 3.17 bits per heavy atom. The fourth-order valence-electron chi connectivity index (χ4n) is 2.76. The zero-order valence-electron chi connectivity index (χ0n) is 10.7. The summed E-state index contributed by atoms with van der Waals surface area (Å²) in [5.74, 6) is 1.58. The maximum Gasteiger partial charge on any atom is 0.178 e. The van der Waals surface area contributed by atoms with Crippen LogP contribution in [0.15, 0.2) is 18.3 Å². The van der Waals surface area contributed by atoms with Gasteiger partial charge in [-0.15, -0.1) is 0 Å². The van der Waals surface area contributed by atoms with Crippen LogP contribution in [0.4, 0.5) is 5.69 Å². The standard InChI is InChI=1S/C13H19N5/c1-17-6-2-4-10(9-17)8-12-15-13-11(14)5-3-7-18(13)16-12/h3,5,7,10H,2,4,6,8-9,14H2,1H3. The van der Waals surface area contributed by atoms with Crippen LogP contribution in [0.25, 0.3) is 5.65 Å². The molecule has 3 heterocycles. The van der Waals surface area contributed by atoms with Crippen LogP contribution in [0.1, 0.15) is 18.7 Å². The molecule has 5 nitrogen and oxygen atoms in total. The second-order valence-corrected chi connectivity index (χ2v) is 5.23. The van der Waals surface area contributed by atoms with Crippen molar-refractivity contribution in [3.63, 3.8) is 0 Å². The summed E-state index contributed by atoms with van der Waals surface area (Å²) in [6, 6.07) is 3.76. The quantitative estimate of drug-likeness (QED) is 0.863. The predicted octanol–water partition coefficient (Wildman–Crippen LogP) is 1.20. The minimum absolute atomic E-state index is 0.669. The third-order valence-corrected chi connectivity index (χ3v) is 3.63. The van der Waals surface area contributed by atoms with Gasteiger partial charge in [0.15, 0.2) is 11.5 Å². The molecule has 1 aliphatic rings. The van der Waals surface area contributed by atoms with Crippen molar-refractivity contribution in [1.29, 1.82) is 0 Å². The summed E-state index contributed by atoms with van der Waals surface area (Å²) in [4.78, 5) is 6.93. The van der Waals surface area contributed by atoms with Gasteiger partial charge in [-0.2, -0.15) is 5.10 Å². The zero-order valence-corrected chi connectivity index (χ0v) is 10.7. The van der Waals surface area contributed by atoms with Gasteiger partial charge in [-0.05, 0) is 44.5 Å². The van der Waals surface area contributed by atoms with Crippen molar-refractivity contribution in [3.05, 3.63) is 24.2 Å². The highest BCUT2D eigenvalue weighted by Crippen LogP contribution is 2.19. The van der Waals surface area contributed by atoms with Crippen LogP contribution in [-0.2, 0) is 6.42 Å². The molecule has 0 saturated carbocycles. The Labute approximate surface area is 107 Å². The zero-order chi connectivity index (χ0) is 12.5. The van der Waals surface area contributed by atoms with Crippen molar-refractivity contribution in [2.75, 3.05) is 25.9 Å². The highest BCUT2D eigenvalue weighted by molar-refractivity contribution is 5.63. The molecule has 0 bridgehead atoms. The van der Waals surface area contributed by atoms with Gasteiger partial charge < -0.3 is 10.6 Å². The summed E-state index contributed by atoms with van der Waals surface area (Å²) in [5, 5.41) is 4.50. The monoisotopic (exact) mass is 245 g/mol. The molecule has 1 fully saturated rings.